The van der Waals surface area contributed by atoms with E-state index in [-0.39, 0.29) is 23.6 Å². The van der Waals surface area contributed by atoms with Crippen molar-refractivity contribution in [2.24, 2.45) is 0 Å². The number of carbonyl (C=O) groups excluding carboxylic acids is 1. The summed E-state index contributed by atoms with van der Waals surface area (Å²) in [4.78, 5) is 23.6. The van der Waals surface area contributed by atoms with Crippen LogP contribution in [0.2, 0.25) is 0 Å². The quantitative estimate of drug-likeness (QED) is 0.564. The lowest BCUT2D eigenvalue weighted by Gasteiger charge is -2.19. The van der Waals surface area contributed by atoms with E-state index in [1.54, 1.807) is 12.1 Å². The summed E-state index contributed by atoms with van der Waals surface area (Å²) in [6, 6.07) is 9.86. The molecular formula is C21H20FN7O. The van der Waals surface area contributed by atoms with E-state index in [4.69, 9.17) is 4.98 Å². The van der Waals surface area contributed by atoms with Gasteiger partial charge in [0.1, 0.15) is 12.1 Å². The summed E-state index contributed by atoms with van der Waals surface area (Å²) >= 11 is 0. The molecule has 1 aliphatic rings. The smallest absolute Gasteiger partial charge is 0.291 e. The molecule has 8 nitrogen and oxygen atoms in total. The van der Waals surface area contributed by atoms with Gasteiger partial charge < -0.3 is 14.6 Å². The third kappa shape index (κ3) is 3.38. The van der Waals surface area contributed by atoms with Crippen LogP contribution in [0.1, 0.15) is 22.7 Å². The van der Waals surface area contributed by atoms with E-state index in [1.165, 1.54) is 23.1 Å². The first-order chi connectivity index (χ1) is 14.6. The molecule has 0 aliphatic carbocycles. The molecule has 0 spiro atoms. The number of carbonyl (C=O) groups is 1. The summed E-state index contributed by atoms with van der Waals surface area (Å²) in [5, 5.41) is 7.23. The van der Waals surface area contributed by atoms with Crippen LogP contribution in [0, 0.1) is 12.7 Å². The Bertz CT molecular complexity index is 1210. The maximum atomic E-state index is 13.1. The largest absolute Gasteiger partial charge is 0.353 e. The lowest BCUT2D eigenvalue weighted by molar-refractivity contribution is 0.0930. The number of nitrogens with one attached hydrogen (secondary N) is 1. The first kappa shape index (κ1) is 18.3. The molecule has 4 heterocycles. The van der Waals surface area contributed by atoms with Gasteiger partial charge in [0.2, 0.25) is 5.82 Å². The standard InChI is InChI=1S/C21H20FN7O/c1-14-11-27-9-2-3-18(27)20(24-14)28-10-8-16(12-28)25-21(30)19-23-13-29(26-19)17-6-4-15(22)5-7-17/h2-7,9,11,13,16H,8,10,12H2,1H3,(H,25,30)/t16-/m0/s1. The van der Waals surface area contributed by atoms with Crippen LogP contribution in [0.3, 0.4) is 0 Å². The molecule has 1 aliphatic heterocycles. The molecule has 152 valence electrons. The highest BCUT2D eigenvalue weighted by Gasteiger charge is 2.27. The van der Waals surface area contributed by atoms with Crippen molar-refractivity contribution < 1.29 is 9.18 Å². The van der Waals surface area contributed by atoms with Crippen LogP contribution >= 0.6 is 0 Å². The molecule has 0 saturated carbocycles. The number of amides is 1. The molecule has 1 N–H and O–H groups in total. The second-order valence-electron chi connectivity index (χ2n) is 7.40. The third-order valence-corrected chi connectivity index (χ3v) is 5.23. The zero-order chi connectivity index (χ0) is 20.7. The Morgan fingerprint density at radius 2 is 2.07 bits per heavy atom. The zero-order valence-corrected chi connectivity index (χ0v) is 16.4. The van der Waals surface area contributed by atoms with Crippen LogP contribution < -0.4 is 10.2 Å². The van der Waals surface area contributed by atoms with E-state index in [1.807, 2.05) is 31.5 Å². The fourth-order valence-corrected chi connectivity index (χ4v) is 3.79. The second kappa shape index (κ2) is 7.25. The zero-order valence-electron chi connectivity index (χ0n) is 16.4. The van der Waals surface area contributed by atoms with E-state index in [0.29, 0.717) is 12.2 Å². The summed E-state index contributed by atoms with van der Waals surface area (Å²) in [6.07, 6.45) is 6.26. The molecule has 4 aromatic rings. The second-order valence-corrected chi connectivity index (χ2v) is 7.40. The van der Waals surface area contributed by atoms with E-state index >= 15 is 0 Å². The van der Waals surface area contributed by atoms with Gasteiger partial charge in [0.25, 0.3) is 5.91 Å². The maximum Gasteiger partial charge on any atom is 0.291 e. The van der Waals surface area contributed by atoms with E-state index in [2.05, 4.69) is 24.7 Å². The van der Waals surface area contributed by atoms with Crippen molar-refractivity contribution in [3.05, 3.63) is 72.5 Å². The fraction of sp³-hybridized carbons (Fsp3) is 0.238. The Hall–Kier alpha value is -3.75. The SMILES string of the molecule is Cc1cn2cccc2c(N2CC[C@H](NC(=O)c3ncn(-c4ccc(F)cc4)n3)C2)n1. The minimum Gasteiger partial charge on any atom is -0.353 e. The summed E-state index contributed by atoms with van der Waals surface area (Å²) < 4.78 is 16.6. The first-order valence-corrected chi connectivity index (χ1v) is 9.74. The monoisotopic (exact) mass is 405 g/mol. The molecule has 1 amide bonds. The number of halogens is 1. The molecule has 1 atom stereocenters. The summed E-state index contributed by atoms with van der Waals surface area (Å²) in [6.45, 7) is 3.45. The van der Waals surface area contributed by atoms with Gasteiger partial charge in [-0.1, -0.05) is 0 Å². The molecule has 1 saturated heterocycles. The fourth-order valence-electron chi connectivity index (χ4n) is 3.79. The normalized spacial score (nSPS) is 16.3. The van der Waals surface area contributed by atoms with Gasteiger partial charge in [-0.3, -0.25) is 4.79 Å². The molecule has 9 heteroatoms. The van der Waals surface area contributed by atoms with Gasteiger partial charge in [0.05, 0.1) is 16.9 Å². The number of anilines is 1. The molecule has 1 fully saturated rings. The number of hydrogen-bond acceptors (Lipinski definition) is 5. The maximum absolute atomic E-state index is 13.1. The van der Waals surface area contributed by atoms with Gasteiger partial charge in [-0.2, -0.15) is 0 Å². The molecule has 0 bridgehead atoms. The number of aryl methyl sites for hydroxylation is 1. The summed E-state index contributed by atoms with van der Waals surface area (Å²) in [7, 11) is 0. The van der Waals surface area contributed by atoms with Gasteiger partial charge in [0, 0.05) is 31.5 Å². The first-order valence-electron chi connectivity index (χ1n) is 9.74. The topological polar surface area (TPSA) is 80.4 Å². The van der Waals surface area contributed by atoms with Crippen LogP contribution in [0.4, 0.5) is 10.2 Å². The van der Waals surface area contributed by atoms with Crippen molar-refractivity contribution in [2.75, 3.05) is 18.0 Å². The third-order valence-electron chi connectivity index (χ3n) is 5.23. The molecule has 0 unspecified atom stereocenters. The highest BCUT2D eigenvalue weighted by atomic mass is 19.1. The number of aromatic nitrogens is 5. The highest BCUT2D eigenvalue weighted by Crippen LogP contribution is 2.24. The minimum atomic E-state index is -0.330. The van der Waals surface area contributed by atoms with Crippen molar-refractivity contribution in [1.82, 2.24) is 29.5 Å². The summed E-state index contributed by atoms with van der Waals surface area (Å²) in [5.41, 5.74) is 2.63. The van der Waals surface area contributed by atoms with Gasteiger partial charge in [0.15, 0.2) is 5.82 Å². The average molecular weight is 405 g/mol. The van der Waals surface area contributed by atoms with Crippen molar-refractivity contribution in [2.45, 2.75) is 19.4 Å². The molecule has 3 aromatic heterocycles. The predicted octanol–water partition coefficient (Wildman–Crippen LogP) is 2.37. The van der Waals surface area contributed by atoms with Crippen molar-refractivity contribution in [3.63, 3.8) is 0 Å². The number of fused-ring (bicyclic) bond motifs is 1. The lowest BCUT2D eigenvalue weighted by atomic mass is 10.2. The molecule has 0 radical (unpaired) electrons. The molecule has 5 rings (SSSR count). The number of hydrogen-bond donors (Lipinski definition) is 1. The number of rotatable bonds is 4. The van der Waals surface area contributed by atoms with Gasteiger partial charge in [-0.05, 0) is 49.7 Å². The Morgan fingerprint density at radius 1 is 1.23 bits per heavy atom. The minimum absolute atomic E-state index is 0.0207. The van der Waals surface area contributed by atoms with Crippen molar-refractivity contribution >= 4 is 17.2 Å². The Balaban J connectivity index is 1.27. The van der Waals surface area contributed by atoms with Crippen LogP contribution in [0.5, 0.6) is 0 Å². The van der Waals surface area contributed by atoms with E-state index < -0.39 is 0 Å². The Labute approximate surface area is 172 Å². The predicted molar refractivity (Wildman–Crippen MR) is 109 cm³/mol. The van der Waals surface area contributed by atoms with Crippen LogP contribution in [-0.4, -0.2) is 49.2 Å². The molecule has 30 heavy (non-hydrogen) atoms. The molecule has 1 aromatic carbocycles. The Kier molecular flexibility index (Phi) is 4.42. The van der Waals surface area contributed by atoms with Crippen LogP contribution in [-0.2, 0) is 0 Å². The van der Waals surface area contributed by atoms with Crippen LogP contribution in [0.15, 0.2) is 55.1 Å². The van der Waals surface area contributed by atoms with Gasteiger partial charge >= 0.3 is 0 Å². The number of benzene rings is 1. The molecular weight excluding hydrogens is 385 g/mol. The van der Waals surface area contributed by atoms with E-state index in [9.17, 15) is 9.18 Å². The van der Waals surface area contributed by atoms with Gasteiger partial charge in [-0.25, -0.2) is 19.0 Å². The van der Waals surface area contributed by atoms with Crippen molar-refractivity contribution in [3.8, 4) is 5.69 Å². The van der Waals surface area contributed by atoms with E-state index in [0.717, 1.165) is 30.0 Å². The number of nitrogens with zero attached hydrogens (tertiary/aromatic N) is 6. The Morgan fingerprint density at radius 3 is 2.90 bits per heavy atom. The average Bonchev–Trinajstić information content (AvgIpc) is 3.48. The lowest BCUT2D eigenvalue weighted by Crippen LogP contribution is -2.37. The van der Waals surface area contributed by atoms with Crippen molar-refractivity contribution in [1.29, 1.82) is 0 Å². The van der Waals surface area contributed by atoms with Gasteiger partial charge in [-0.15, -0.1) is 5.10 Å². The summed E-state index contributed by atoms with van der Waals surface area (Å²) in [5.74, 6) is 0.354. The highest BCUT2D eigenvalue weighted by molar-refractivity contribution is 5.90. The van der Waals surface area contributed by atoms with Crippen LogP contribution in [0.25, 0.3) is 11.2 Å².